The molecule has 0 N–H and O–H groups in total. The Morgan fingerprint density at radius 1 is 0.759 bits per heavy atom. The smallest absolute Gasteiger partial charge is 0.200 e. The summed E-state index contributed by atoms with van der Waals surface area (Å²) >= 11 is 0. The highest BCUT2D eigenvalue weighted by Crippen LogP contribution is 2.22. The van der Waals surface area contributed by atoms with E-state index in [9.17, 15) is 14.0 Å². The second-order valence-corrected chi connectivity index (χ2v) is 7.90. The fourth-order valence-corrected chi connectivity index (χ4v) is 2.86. The highest BCUT2D eigenvalue weighted by molar-refractivity contribution is 6.09. The summed E-state index contributed by atoms with van der Waals surface area (Å²) in [4.78, 5) is 24.8. The standard InChI is InChI=1S/C25H23FO3/c1-25(2,3)20-10-4-17(5-11-20)23(27)16-29-22-14-8-19(9-15-22)24(28)18-6-12-21(26)13-7-18/h4-15H,16H2,1-3H3. The van der Waals surface area contributed by atoms with Crippen molar-refractivity contribution in [3.8, 4) is 5.75 Å². The SMILES string of the molecule is CC(C)(C)c1ccc(C(=O)COc2ccc(C(=O)c3ccc(F)cc3)cc2)cc1. The summed E-state index contributed by atoms with van der Waals surface area (Å²) in [5.41, 5.74) is 2.67. The Balaban J connectivity index is 1.60. The summed E-state index contributed by atoms with van der Waals surface area (Å²) < 4.78 is 18.6. The van der Waals surface area contributed by atoms with E-state index in [0.717, 1.165) is 5.56 Å². The minimum atomic E-state index is -0.386. The van der Waals surface area contributed by atoms with Gasteiger partial charge in [-0.05, 0) is 59.5 Å². The van der Waals surface area contributed by atoms with Crippen molar-refractivity contribution in [2.24, 2.45) is 0 Å². The van der Waals surface area contributed by atoms with Gasteiger partial charge in [0.2, 0.25) is 0 Å². The van der Waals surface area contributed by atoms with Crippen molar-refractivity contribution >= 4 is 11.6 Å². The lowest BCUT2D eigenvalue weighted by Crippen LogP contribution is -2.14. The summed E-state index contributed by atoms with van der Waals surface area (Å²) in [5, 5.41) is 0. The van der Waals surface area contributed by atoms with Crippen LogP contribution in [0.5, 0.6) is 5.75 Å². The molecule has 0 amide bonds. The van der Waals surface area contributed by atoms with Crippen molar-refractivity contribution in [2.45, 2.75) is 26.2 Å². The fraction of sp³-hybridized carbons (Fsp3) is 0.200. The highest BCUT2D eigenvalue weighted by Gasteiger charge is 2.15. The molecule has 4 heteroatoms. The van der Waals surface area contributed by atoms with E-state index in [2.05, 4.69) is 20.8 Å². The van der Waals surface area contributed by atoms with Crippen LogP contribution in [0.2, 0.25) is 0 Å². The van der Waals surface area contributed by atoms with Gasteiger partial charge in [0.1, 0.15) is 11.6 Å². The van der Waals surface area contributed by atoms with E-state index in [1.807, 2.05) is 24.3 Å². The Morgan fingerprint density at radius 3 is 1.76 bits per heavy atom. The number of carbonyl (C=O) groups excluding carboxylic acids is 2. The Kier molecular flexibility index (Phi) is 5.92. The van der Waals surface area contributed by atoms with E-state index >= 15 is 0 Å². The zero-order valence-electron chi connectivity index (χ0n) is 16.7. The number of hydrogen-bond acceptors (Lipinski definition) is 3. The zero-order chi connectivity index (χ0) is 21.0. The summed E-state index contributed by atoms with van der Waals surface area (Å²) in [6, 6.07) is 19.5. The van der Waals surface area contributed by atoms with Crippen LogP contribution in [0, 0.1) is 5.82 Å². The number of benzene rings is 3. The first kappa shape index (κ1) is 20.5. The van der Waals surface area contributed by atoms with Gasteiger partial charge >= 0.3 is 0 Å². The molecule has 0 spiro atoms. The second-order valence-electron chi connectivity index (χ2n) is 7.90. The fourth-order valence-electron chi connectivity index (χ4n) is 2.86. The maximum absolute atomic E-state index is 13.0. The average Bonchev–Trinajstić information content (AvgIpc) is 2.72. The molecule has 0 aromatic heterocycles. The molecule has 3 nitrogen and oxygen atoms in total. The summed E-state index contributed by atoms with van der Waals surface area (Å²) in [7, 11) is 0. The summed E-state index contributed by atoms with van der Waals surface area (Å²) in [5.74, 6) is -0.202. The van der Waals surface area contributed by atoms with Gasteiger partial charge < -0.3 is 4.74 Å². The zero-order valence-corrected chi connectivity index (χ0v) is 16.7. The Labute approximate surface area is 170 Å². The average molecular weight is 390 g/mol. The molecular formula is C25H23FO3. The lowest BCUT2D eigenvalue weighted by Gasteiger charge is -2.19. The Bertz CT molecular complexity index is 996. The van der Waals surface area contributed by atoms with Crippen molar-refractivity contribution in [1.29, 1.82) is 0 Å². The van der Waals surface area contributed by atoms with Crippen LogP contribution in [-0.2, 0) is 5.41 Å². The van der Waals surface area contributed by atoms with Crippen LogP contribution in [-0.4, -0.2) is 18.2 Å². The molecule has 3 aromatic carbocycles. The van der Waals surface area contributed by atoms with E-state index in [-0.39, 0.29) is 29.4 Å². The molecule has 0 fully saturated rings. The lowest BCUT2D eigenvalue weighted by atomic mass is 9.86. The lowest BCUT2D eigenvalue weighted by molar-refractivity contribution is 0.0920. The molecular weight excluding hydrogens is 367 g/mol. The molecule has 0 saturated heterocycles. The molecule has 0 heterocycles. The molecule has 0 atom stereocenters. The molecule has 0 saturated carbocycles. The minimum Gasteiger partial charge on any atom is -0.485 e. The van der Waals surface area contributed by atoms with E-state index in [0.29, 0.717) is 22.4 Å². The van der Waals surface area contributed by atoms with E-state index in [4.69, 9.17) is 4.74 Å². The molecule has 29 heavy (non-hydrogen) atoms. The number of rotatable bonds is 6. The van der Waals surface area contributed by atoms with Gasteiger partial charge in [0, 0.05) is 16.7 Å². The molecule has 0 bridgehead atoms. The maximum atomic E-state index is 13.0. The third-order valence-electron chi connectivity index (χ3n) is 4.67. The van der Waals surface area contributed by atoms with E-state index < -0.39 is 0 Å². The van der Waals surface area contributed by atoms with Gasteiger partial charge in [-0.15, -0.1) is 0 Å². The van der Waals surface area contributed by atoms with Gasteiger partial charge in [0.15, 0.2) is 18.2 Å². The van der Waals surface area contributed by atoms with Gasteiger partial charge in [-0.25, -0.2) is 4.39 Å². The molecule has 3 rings (SSSR count). The predicted molar refractivity (Wildman–Crippen MR) is 111 cm³/mol. The first-order valence-electron chi connectivity index (χ1n) is 9.41. The van der Waals surface area contributed by atoms with Gasteiger partial charge in [0.05, 0.1) is 0 Å². The molecule has 0 aliphatic heterocycles. The number of carbonyl (C=O) groups is 2. The van der Waals surface area contributed by atoms with E-state index in [1.165, 1.54) is 24.3 Å². The van der Waals surface area contributed by atoms with Crippen LogP contribution >= 0.6 is 0 Å². The summed E-state index contributed by atoms with van der Waals surface area (Å²) in [6.07, 6.45) is 0. The van der Waals surface area contributed by atoms with Crippen molar-refractivity contribution in [3.63, 3.8) is 0 Å². The first-order chi connectivity index (χ1) is 13.7. The molecule has 0 aliphatic rings. The van der Waals surface area contributed by atoms with Gasteiger partial charge in [-0.2, -0.15) is 0 Å². The van der Waals surface area contributed by atoms with Gasteiger partial charge in [-0.3, -0.25) is 9.59 Å². The molecule has 0 radical (unpaired) electrons. The minimum absolute atomic E-state index is 0.0329. The predicted octanol–water partition coefficient (Wildman–Crippen LogP) is 5.62. The van der Waals surface area contributed by atoms with Crippen LogP contribution in [0.4, 0.5) is 4.39 Å². The van der Waals surface area contributed by atoms with Crippen molar-refractivity contribution in [1.82, 2.24) is 0 Å². The van der Waals surface area contributed by atoms with Crippen molar-refractivity contribution in [3.05, 3.63) is 101 Å². The summed E-state index contributed by atoms with van der Waals surface area (Å²) in [6.45, 7) is 6.28. The monoisotopic (exact) mass is 390 g/mol. The number of halogens is 1. The molecule has 148 valence electrons. The van der Waals surface area contributed by atoms with Crippen LogP contribution in [0.15, 0.2) is 72.8 Å². The largest absolute Gasteiger partial charge is 0.485 e. The van der Waals surface area contributed by atoms with Gasteiger partial charge in [-0.1, -0.05) is 45.0 Å². The van der Waals surface area contributed by atoms with E-state index in [1.54, 1.807) is 24.3 Å². The second kappa shape index (κ2) is 8.39. The number of Topliss-reactive ketones (excluding diaryl/α,β-unsaturated/α-hetero) is 1. The third kappa shape index (κ3) is 5.17. The quantitative estimate of drug-likeness (QED) is 0.513. The van der Waals surface area contributed by atoms with Crippen LogP contribution in [0.25, 0.3) is 0 Å². The topological polar surface area (TPSA) is 43.4 Å². The van der Waals surface area contributed by atoms with Crippen LogP contribution < -0.4 is 4.74 Å². The van der Waals surface area contributed by atoms with Crippen molar-refractivity contribution in [2.75, 3.05) is 6.61 Å². The highest BCUT2D eigenvalue weighted by atomic mass is 19.1. The van der Waals surface area contributed by atoms with Crippen LogP contribution in [0.3, 0.4) is 0 Å². The number of ether oxygens (including phenoxy) is 1. The van der Waals surface area contributed by atoms with Crippen molar-refractivity contribution < 1.29 is 18.7 Å². The number of hydrogen-bond donors (Lipinski definition) is 0. The Morgan fingerprint density at radius 2 is 1.24 bits per heavy atom. The maximum Gasteiger partial charge on any atom is 0.200 e. The van der Waals surface area contributed by atoms with Gasteiger partial charge in [0.25, 0.3) is 0 Å². The molecule has 3 aromatic rings. The van der Waals surface area contributed by atoms with Crippen LogP contribution in [0.1, 0.15) is 52.6 Å². The molecule has 0 aliphatic carbocycles. The molecule has 0 unspecified atom stereocenters. The normalized spacial score (nSPS) is 11.2. The Hall–Kier alpha value is -3.27. The first-order valence-corrected chi connectivity index (χ1v) is 9.41. The number of ketones is 2. The third-order valence-corrected chi connectivity index (χ3v) is 4.67.